The molecule has 17 heavy (non-hydrogen) atoms. The van der Waals surface area contributed by atoms with Crippen LogP contribution in [0.25, 0.3) is 0 Å². The molecule has 3 saturated carbocycles. The van der Waals surface area contributed by atoms with Crippen molar-refractivity contribution in [2.24, 2.45) is 23.7 Å². The number of rotatable bonds is 4. The molecule has 0 aliphatic heterocycles. The maximum atomic E-state index is 10.8. The van der Waals surface area contributed by atoms with Crippen LogP contribution in [0.4, 0.5) is 0 Å². The van der Waals surface area contributed by atoms with Crippen molar-refractivity contribution < 1.29 is 5.11 Å². The maximum Gasteiger partial charge on any atom is 0.0739 e. The first-order valence-electron chi connectivity index (χ1n) is 7.99. The summed E-state index contributed by atoms with van der Waals surface area (Å²) in [7, 11) is 0. The molecule has 0 aromatic rings. The van der Waals surface area contributed by atoms with E-state index in [0.29, 0.717) is 17.8 Å². The predicted molar refractivity (Wildman–Crippen MR) is 70.8 cm³/mol. The highest BCUT2D eigenvalue weighted by Crippen LogP contribution is 2.66. The van der Waals surface area contributed by atoms with Gasteiger partial charge in [0.2, 0.25) is 0 Å². The first kappa shape index (κ1) is 12.0. The zero-order valence-electron chi connectivity index (χ0n) is 11.3. The largest absolute Gasteiger partial charge is 0.389 e. The first-order chi connectivity index (χ1) is 8.26. The van der Waals surface area contributed by atoms with Gasteiger partial charge in [0.1, 0.15) is 0 Å². The maximum absolute atomic E-state index is 10.8. The third kappa shape index (κ3) is 1.95. The molecule has 1 heteroatoms. The van der Waals surface area contributed by atoms with Crippen LogP contribution in [-0.4, -0.2) is 10.7 Å². The Morgan fingerprint density at radius 2 is 1.65 bits per heavy atom. The molecule has 0 spiro atoms. The molecule has 0 aromatic heterocycles. The van der Waals surface area contributed by atoms with Gasteiger partial charge in [0.05, 0.1) is 5.60 Å². The molecular weight excluding hydrogens is 208 g/mol. The summed E-state index contributed by atoms with van der Waals surface area (Å²) < 4.78 is 0. The van der Waals surface area contributed by atoms with Gasteiger partial charge in [0.15, 0.2) is 0 Å². The van der Waals surface area contributed by atoms with Crippen LogP contribution in [0.2, 0.25) is 0 Å². The Morgan fingerprint density at radius 3 is 2.24 bits per heavy atom. The van der Waals surface area contributed by atoms with Gasteiger partial charge in [0.25, 0.3) is 0 Å². The Balaban J connectivity index is 1.49. The van der Waals surface area contributed by atoms with E-state index < -0.39 is 0 Å². The van der Waals surface area contributed by atoms with Crippen molar-refractivity contribution in [3.63, 3.8) is 0 Å². The van der Waals surface area contributed by atoms with Crippen LogP contribution >= 0.6 is 0 Å². The van der Waals surface area contributed by atoms with E-state index in [1.165, 1.54) is 64.2 Å². The molecule has 0 bridgehead atoms. The van der Waals surface area contributed by atoms with Crippen LogP contribution in [-0.2, 0) is 0 Å². The Kier molecular flexibility index (Phi) is 3.23. The average Bonchev–Trinajstić information content (AvgIpc) is 2.78. The van der Waals surface area contributed by atoms with Gasteiger partial charge in [-0.25, -0.2) is 0 Å². The normalized spacial score (nSPS) is 49.1. The van der Waals surface area contributed by atoms with E-state index in [9.17, 15) is 5.11 Å². The van der Waals surface area contributed by atoms with E-state index in [0.717, 1.165) is 5.92 Å². The fourth-order valence-corrected chi connectivity index (χ4v) is 4.98. The zero-order valence-corrected chi connectivity index (χ0v) is 11.3. The van der Waals surface area contributed by atoms with Crippen LogP contribution in [0.1, 0.15) is 71.1 Å². The third-order valence-corrected chi connectivity index (χ3v) is 6.06. The van der Waals surface area contributed by atoms with E-state index in [1.54, 1.807) is 0 Å². The summed E-state index contributed by atoms with van der Waals surface area (Å²) in [5, 5.41) is 10.8. The molecular formula is C16H28O. The fourth-order valence-electron chi connectivity index (χ4n) is 4.98. The molecule has 1 N–H and O–H groups in total. The zero-order chi connectivity index (χ0) is 11.9. The fraction of sp³-hybridized carbons (Fsp3) is 1.00. The minimum absolute atomic E-state index is 0.187. The lowest BCUT2D eigenvalue weighted by Crippen LogP contribution is -2.31. The number of hydrogen-bond acceptors (Lipinski definition) is 1. The highest BCUT2D eigenvalue weighted by Gasteiger charge is 2.68. The molecule has 0 heterocycles. The van der Waals surface area contributed by atoms with E-state index >= 15 is 0 Å². The molecule has 3 rings (SSSR count). The Labute approximate surface area is 106 Å². The summed E-state index contributed by atoms with van der Waals surface area (Å²) in [5.41, 5.74) is -0.187. The summed E-state index contributed by atoms with van der Waals surface area (Å²) in [6, 6.07) is 0. The van der Waals surface area contributed by atoms with Crippen molar-refractivity contribution in [2.75, 3.05) is 0 Å². The quantitative estimate of drug-likeness (QED) is 0.777. The van der Waals surface area contributed by atoms with Gasteiger partial charge in [-0.1, -0.05) is 45.4 Å². The summed E-state index contributed by atoms with van der Waals surface area (Å²) >= 11 is 0. The second kappa shape index (κ2) is 4.57. The van der Waals surface area contributed by atoms with Gasteiger partial charge in [-0.3, -0.25) is 0 Å². The summed E-state index contributed by atoms with van der Waals surface area (Å²) in [6.07, 6.45) is 13.6. The summed E-state index contributed by atoms with van der Waals surface area (Å²) in [6.45, 7) is 2.29. The van der Waals surface area contributed by atoms with E-state index in [4.69, 9.17) is 0 Å². The van der Waals surface area contributed by atoms with Crippen molar-refractivity contribution in [3.05, 3.63) is 0 Å². The van der Waals surface area contributed by atoms with Crippen molar-refractivity contribution in [3.8, 4) is 0 Å². The van der Waals surface area contributed by atoms with E-state index in [-0.39, 0.29) is 5.60 Å². The van der Waals surface area contributed by atoms with Crippen LogP contribution in [0.3, 0.4) is 0 Å². The second-order valence-electron chi connectivity index (χ2n) is 6.89. The predicted octanol–water partition coefficient (Wildman–Crippen LogP) is 4.14. The molecule has 0 aromatic carbocycles. The molecule has 3 aliphatic rings. The standard InChI is InChI=1S/C16H28O/c1-2-3-5-12-8-10-13(11-9-12)16(17)14-6-4-7-15(14)16/h12-15,17H,2-11H2,1H3. The highest BCUT2D eigenvalue weighted by atomic mass is 16.3. The molecule has 0 saturated heterocycles. The molecule has 3 aliphatic carbocycles. The molecule has 1 nitrogen and oxygen atoms in total. The van der Waals surface area contributed by atoms with E-state index in [2.05, 4.69) is 6.92 Å². The van der Waals surface area contributed by atoms with Crippen LogP contribution in [0, 0.1) is 23.7 Å². The van der Waals surface area contributed by atoms with Crippen molar-refractivity contribution in [1.82, 2.24) is 0 Å². The van der Waals surface area contributed by atoms with Gasteiger partial charge in [-0.2, -0.15) is 0 Å². The minimum Gasteiger partial charge on any atom is -0.389 e. The molecule has 2 unspecified atom stereocenters. The third-order valence-electron chi connectivity index (χ3n) is 6.06. The second-order valence-corrected chi connectivity index (χ2v) is 6.89. The summed E-state index contributed by atoms with van der Waals surface area (Å²) in [4.78, 5) is 0. The Morgan fingerprint density at radius 1 is 1.00 bits per heavy atom. The van der Waals surface area contributed by atoms with Gasteiger partial charge in [-0.15, -0.1) is 0 Å². The Hall–Kier alpha value is -0.0400. The molecule has 2 atom stereocenters. The lowest BCUT2D eigenvalue weighted by atomic mass is 9.75. The van der Waals surface area contributed by atoms with Crippen LogP contribution in [0.15, 0.2) is 0 Å². The number of aliphatic hydroxyl groups is 1. The average molecular weight is 236 g/mol. The number of unbranched alkanes of at least 4 members (excludes halogenated alkanes) is 1. The van der Waals surface area contributed by atoms with Gasteiger partial charge in [0, 0.05) is 0 Å². The lowest BCUT2D eigenvalue weighted by Gasteiger charge is -2.33. The van der Waals surface area contributed by atoms with Gasteiger partial charge >= 0.3 is 0 Å². The highest BCUT2D eigenvalue weighted by molar-refractivity contribution is 5.17. The van der Waals surface area contributed by atoms with Gasteiger partial charge < -0.3 is 5.11 Å². The van der Waals surface area contributed by atoms with Crippen molar-refractivity contribution in [1.29, 1.82) is 0 Å². The summed E-state index contributed by atoms with van der Waals surface area (Å²) in [5.74, 6) is 3.06. The molecule has 98 valence electrons. The van der Waals surface area contributed by atoms with Crippen LogP contribution in [0.5, 0.6) is 0 Å². The van der Waals surface area contributed by atoms with Crippen LogP contribution < -0.4 is 0 Å². The minimum atomic E-state index is -0.187. The Bertz CT molecular complexity index is 255. The number of fused-ring (bicyclic) bond motifs is 1. The van der Waals surface area contributed by atoms with E-state index in [1.807, 2.05) is 0 Å². The number of hydrogen-bond donors (Lipinski definition) is 1. The van der Waals surface area contributed by atoms with Crippen molar-refractivity contribution in [2.45, 2.75) is 76.7 Å². The smallest absolute Gasteiger partial charge is 0.0739 e. The molecule has 0 amide bonds. The lowest BCUT2D eigenvalue weighted by molar-refractivity contribution is 0.0173. The topological polar surface area (TPSA) is 20.2 Å². The van der Waals surface area contributed by atoms with Crippen molar-refractivity contribution >= 4 is 0 Å². The molecule has 3 fully saturated rings. The molecule has 0 radical (unpaired) electrons. The monoisotopic (exact) mass is 236 g/mol. The SMILES string of the molecule is CCCCC1CCC(C2(O)C3CCCC32)CC1. The van der Waals surface area contributed by atoms with Gasteiger partial charge in [-0.05, 0) is 49.4 Å². The first-order valence-corrected chi connectivity index (χ1v) is 7.99.